The average Bonchev–Trinajstić information content (AvgIpc) is 3.07. The second-order valence-electron chi connectivity index (χ2n) is 4.15. The van der Waals surface area contributed by atoms with E-state index in [0.29, 0.717) is 24.7 Å². The molecule has 0 spiro atoms. The second-order valence-corrected chi connectivity index (χ2v) is 5.13. The summed E-state index contributed by atoms with van der Waals surface area (Å²) in [7, 11) is 0. The van der Waals surface area contributed by atoms with Crippen LogP contribution in [0, 0.1) is 6.92 Å². The molecule has 2 aromatic rings. The lowest BCUT2D eigenvalue weighted by Crippen LogP contribution is -2.38. The predicted molar refractivity (Wildman–Crippen MR) is 73.4 cm³/mol. The van der Waals surface area contributed by atoms with E-state index < -0.39 is 6.10 Å². The fraction of sp³-hybridized carbons (Fsp3) is 0.417. The molecule has 0 radical (unpaired) electrons. The van der Waals surface area contributed by atoms with Gasteiger partial charge in [0.05, 0.1) is 6.54 Å². The first kappa shape index (κ1) is 14.5. The smallest absolute Gasteiger partial charge is 0.314 e. The fourth-order valence-corrected chi connectivity index (χ4v) is 2.27. The molecule has 1 atom stereocenters. The number of rotatable bonds is 6. The zero-order valence-corrected chi connectivity index (χ0v) is 11.8. The van der Waals surface area contributed by atoms with Crippen molar-refractivity contribution in [3.63, 3.8) is 0 Å². The van der Waals surface area contributed by atoms with Gasteiger partial charge >= 0.3 is 6.03 Å². The molecular weight excluding hydrogens is 280 g/mol. The number of urea groups is 1. The first-order valence-electron chi connectivity index (χ1n) is 6.17. The average molecular weight is 296 g/mol. The molecule has 0 unspecified atom stereocenters. The highest BCUT2D eigenvalue weighted by atomic mass is 32.1. The molecule has 0 aliphatic rings. The molecule has 2 amide bonds. The number of nitrogens with one attached hydrogen (secondary N) is 2. The van der Waals surface area contributed by atoms with Crippen LogP contribution in [0.5, 0.6) is 0 Å². The third kappa shape index (κ3) is 4.32. The summed E-state index contributed by atoms with van der Waals surface area (Å²) in [5.41, 5.74) is 0. The van der Waals surface area contributed by atoms with Crippen LogP contribution in [0.1, 0.15) is 22.7 Å². The van der Waals surface area contributed by atoms with Crippen molar-refractivity contribution < 1.29 is 14.4 Å². The molecule has 7 nitrogen and oxygen atoms in total. The number of aryl methyl sites for hydroxylation is 1. The lowest BCUT2D eigenvalue weighted by molar-refractivity contribution is 0.176. The van der Waals surface area contributed by atoms with E-state index in [9.17, 15) is 9.90 Å². The minimum absolute atomic E-state index is 0.173. The highest BCUT2D eigenvalue weighted by Gasteiger charge is 2.10. The van der Waals surface area contributed by atoms with E-state index in [1.165, 1.54) is 11.3 Å². The van der Waals surface area contributed by atoms with Gasteiger partial charge in [-0.1, -0.05) is 11.2 Å². The summed E-state index contributed by atoms with van der Waals surface area (Å²) < 4.78 is 4.92. The third-order valence-corrected chi connectivity index (χ3v) is 3.50. The second kappa shape index (κ2) is 7.01. The lowest BCUT2D eigenvalue weighted by atomic mass is 10.3. The molecule has 0 aromatic carbocycles. The van der Waals surface area contributed by atoms with Crippen LogP contribution < -0.4 is 10.6 Å². The van der Waals surface area contributed by atoms with Crippen LogP contribution in [-0.2, 0) is 6.42 Å². The van der Waals surface area contributed by atoms with Gasteiger partial charge in [0.25, 0.3) is 0 Å². The first-order valence-corrected chi connectivity index (χ1v) is 7.05. The van der Waals surface area contributed by atoms with Gasteiger partial charge in [-0.25, -0.2) is 4.79 Å². The van der Waals surface area contributed by atoms with E-state index in [1.807, 2.05) is 17.5 Å². The Morgan fingerprint density at radius 2 is 2.40 bits per heavy atom. The molecule has 0 aliphatic carbocycles. The molecule has 0 bridgehead atoms. The minimum atomic E-state index is -0.681. The summed E-state index contributed by atoms with van der Waals surface area (Å²) in [6.07, 6.45) is -0.207. The lowest BCUT2D eigenvalue weighted by Gasteiger charge is -2.10. The Morgan fingerprint density at radius 1 is 1.55 bits per heavy atom. The van der Waals surface area contributed by atoms with E-state index in [4.69, 9.17) is 4.52 Å². The van der Waals surface area contributed by atoms with Crippen molar-refractivity contribution in [1.82, 2.24) is 20.8 Å². The first-order chi connectivity index (χ1) is 9.65. The number of aromatic nitrogens is 2. The number of thiophene rings is 1. The maximum absolute atomic E-state index is 11.5. The van der Waals surface area contributed by atoms with E-state index in [2.05, 4.69) is 20.8 Å². The Hall–Kier alpha value is -1.93. The van der Waals surface area contributed by atoms with Gasteiger partial charge in [-0.05, 0) is 18.4 Å². The summed E-state index contributed by atoms with van der Waals surface area (Å²) >= 11 is 1.45. The van der Waals surface area contributed by atoms with Gasteiger partial charge in [0.15, 0.2) is 5.82 Å². The molecule has 0 saturated carbocycles. The summed E-state index contributed by atoms with van der Waals surface area (Å²) in [6.45, 7) is 2.30. The van der Waals surface area contributed by atoms with Gasteiger partial charge in [0, 0.05) is 17.8 Å². The zero-order chi connectivity index (χ0) is 14.4. The molecule has 0 saturated heterocycles. The van der Waals surface area contributed by atoms with Crippen molar-refractivity contribution in [2.75, 3.05) is 13.1 Å². The Labute approximate surface area is 120 Å². The summed E-state index contributed by atoms with van der Waals surface area (Å²) in [5.74, 6) is 1.06. The predicted octanol–water partition coefficient (Wildman–Crippen LogP) is 1.01. The van der Waals surface area contributed by atoms with Crippen molar-refractivity contribution >= 4 is 17.4 Å². The number of aliphatic hydroxyl groups is 1. The summed E-state index contributed by atoms with van der Waals surface area (Å²) in [6, 6.07) is 3.35. The maximum atomic E-state index is 11.5. The van der Waals surface area contributed by atoms with Gasteiger partial charge in [-0.3, -0.25) is 0 Å². The normalized spacial score (nSPS) is 12.1. The molecule has 0 fully saturated rings. The highest BCUT2D eigenvalue weighted by molar-refractivity contribution is 7.10. The van der Waals surface area contributed by atoms with Crippen molar-refractivity contribution in [3.8, 4) is 0 Å². The number of carbonyl (C=O) groups excluding carboxylic acids is 1. The number of nitrogens with zero attached hydrogens (tertiary/aromatic N) is 2. The number of hydrogen-bond donors (Lipinski definition) is 3. The Balaban J connectivity index is 1.63. The van der Waals surface area contributed by atoms with Crippen LogP contribution >= 0.6 is 11.3 Å². The van der Waals surface area contributed by atoms with Crippen molar-refractivity contribution in [2.24, 2.45) is 0 Å². The minimum Gasteiger partial charge on any atom is -0.386 e. The fourth-order valence-electron chi connectivity index (χ4n) is 1.56. The van der Waals surface area contributed by atoms with Gasteiger partial charge in [0.1, 0.15) is 6.10 Å². The van der Waals surface area contributed by atoms with Crippen LogP contribution in [0.15, 0.2) is 22.0 Å². The monoisotopic (exact) mass is 296 g/mol. The molecule has 2 heterocycles. The van der Waals surface area contributed by atoms with E-state index in [1.54, 1.807) is 6.92 Å². The maximum Gasteiger partial charge on any atom is 0.314 e. The Kier molecular flexibility index (Phi) is 5.08. The Bertz CT molecular complexity index is 541. The van der Waals surface area contributed by atoms with E-state index >= 15 is 0 Å². The van der Waals surface area contributed by atoms with Crippen molar-refractivity contribution in [1.29, 1.82) is 0 Å². The highest BCUT2D eigenvalue weighted by Crippen LogP contribution is 2.17. The van der Waals surface area contributed by atoms with Crippen LogP contribution in [0.4, 0.5) is 4.79 Å². The van der Waals surface area contributed by atoms with Crippen molar-refractivity contribution in [3.05, 3.63) is 34.1 Å². The molecule has 3 N–H and O–H groups in total. The van der Waals surface area contributed by atoms with Gasteiger partial charge < -0.3 is 20.3 Å². The molecule has 2 aromatic heterocycles. The van der Waals surface area contributed by atoms with Crippen LogP contribution in [0.3, 0.4) is 0 Å². The molecule has 108 valence electrons. The number of aliphatic hydroxyl groups excluding tert-OH is 1. The number of hydrogen-bond acceptors (Lipinski definition) is 6. The van der Waals surface area contributed by atoms with E-state index in [-0.39, 0.29) is 12.6 Å². The molecule has 20 heavy (non-hydrogen) atoms. The topological polar surface area (TPSA) is 100 Å². The van der Waals surface area contributed by atoms with Gasteiger partial charge in [-0.2, -0.15) is 4.98 Å². The van der Waals surface area contributed by atoms with Gasteiger partial charge in [0.2, 0.25) is 5.89 Å². The summed E-state index contributed by atoms with van der Waals surface area (Å²) in [4.78, 5) is 16.4. The van der Waals surface area contributed by atoms with Crippen molar-refractivity contribution in [2.45, 2.75) is 19.4 Å². The zero-order valence-electron chi connectivity index (χ0n) is 11.0. The summed E-state index contributed by atoms with van der Waals surface area (Å²) in [5, 5.41) is 20.6. The quantitative estimate of drug-likeness (QED) is 0.739. The molecule has 8 heteroatoms. The Morgan fingerprint density at radius 3 is 3.05 bits per heavy atom. The number of amides is 2. The van der Waals surface area contributed by atoms with Crippen LogP contribution in [0.25, 0.3) is 0 Å². The molecule has 0 aliphatic heterocycles. The standard InChI is InChI=1S/C12H16N4O3S/c1-8-15-11(19-16-8)4-5-13-12(18)14-7-9(17)10-3-2-6-20-10/h2-3,6,9,17H,4-5,7H2,1H3,(H2,13,14,18)/t9-/m1/s1. The van der Waals surface area contributed by atoms with Crippen LogP contribution in [-0.4, -0.2) is 34.4 Å². The van der Waals surface area contributed by atoms with Gasteiger partial charge in [-0.15, -0.1) is 11.3 Å². The third-order valence-electron chi connectivity index (χ3n) is 2.52. The SMILES string of the molecule is Cc1noc(CCNC(=O)NC[C@@H](O)c2cccs2)n1. The number of carbonyl (C=O) groups is 1. The largest absolute Gasteiger partial charge is 0.386 e. The molecular formula is C12H16N4O3S. The van der Waals surface area contributed by atoms with Crippen LogP contribution in [0.2, 0.25) is 0 Å². The van der Waals surface area contributed by atoms with E-state index in [0.717, 1.165) is 4.88 Å². The molecule has 2 rings (SSSR count).